The molecule has 3 aromatic rings. The third kappa shape index (κ3) is 4.53. The molecule has 0 spiro atoms. The van der Waals surface area contributed by atoms with Crippen molar-refractivity contribution in [2.75, 3.05) is 32.0 Å². The second-order valence-corrected chi connectivity index (χ2v) is 6.80. The van der Waals surface area contributed by atoms with Crippen LogP contribution in [0.3, 0.4) is 0 Å². The van der Waals surface area contributed by atoms with E-state index < -0.39 is 0 Å². The van der Waals surface area contributed by atoms with Crippen molar-refractivity contribution in [3.05, 3.63) is 65.5 Å². The van der Waals surface area contributed by atoms with Crippen LogP contribution >= 0.6 is 0 Å². The molecule has 0 saturated carbocycles. The molecule has 0 radical (unpaired) electrons. The van der Waals surface area contributed by atoms with Gasteiger partial charge in [0.25, 0.3) is 0 Å². The maximum Gasteiger partial charge on any atom is 0.227 e. The fourth-order valence-corrected chi connectivity index (χ4v) is 3.30. The molecule has 0 aliphatic carbocycles. The summed E-state index contributed by atoms with van der Waals surface area (Å²) in [5.74, 6) is 1.27. The fraction of sp³-hybridized carbons (Fsp3) is 0.333. The molecule has 1 aliphatic heterocycles. The number of nitrogens with two attached hydrogens (primary N) is 1. The third-order valence-corrected chi connectivity index (χ3v) is 4.83. The van der Waals surface area contributed by atoms with Crippen LogP contribution in [-0.4, -0.2) is 41.3 Å². The molecule has 1 saturated heterocycles. The lowest BCUT2D eigenvalue weighted by molar-refractivity contribution is 0.0342. The summed E-state index contributed by atoms with van der Waals surface area (Å²) in [5, 5.41) is 4.16. The van der Waals surface area contributed by atoms with Gasteiger partial charge in [0.1, 0.15) is 0 Å². The molecule has 1 aromatic heterocycles. The van der Waals surface area contributed by atoms with Gasteiger partial charge in [0.2, 0.25) is 11.7 Å². The lowest BCUT2D eigenvalue weighted by Crippen LogP contribution is -2.35. The van der Waals surface area contributed by atoms with Crippen LogP contribution < -0.4 is 5.73 Å². The first-order valence-electron chi connectivity index (χ1n) is 9.33. The van der Waals surface area contributed by atoms with E-state index in [-0.39, 0.29) is 0 Å². The Kier molecular flexibility index (Phi) is 5.46. The van der Waals surface area contributed by atoms with Gasteiger partial charge in [-0.25, -0.2) is 0 Å². The number of aromatic nitrogens is 2. The van der Waals surface area contributed by atoms with Gasteiger partial charge in [-0.1, -0.05) is 41.6 Å². The quantitative estimate of drug-likeness (QED) is 0.678. The van der Waals surface area contributed by atoms with E-state index in [2.05, 4.69) is 27.2 Å². The van der Waals surface area contributed by atoms with Crippen molar-refractivity contribution >= 4 is 5.69 Å². The Morgan fingerprint density at radius 1 is 1.00 bits per heavy atom. The van der Waals surface area contributed by atoms with E-state index in [1.165, 1.54) is 5.56 Å². The molecule has 0 unspecified atom stereocenters. The highest BCUT2D eigenvalue weighted by atomic mass is 16.5. The average Bonchev–Trinajstić information content (AvgIpc) is 3.18. The summed E-state index contributed by atoms with van der Waals surface area (Å²) in [7, 11) is 0. The van der Waals surface area contributed by atoms with Gasteiger partial charge in [-0.2, -0.15) is 4.98 Å². The minimum Gasteiger partial charge on any atom is -0.399 e. The van der Waals surface area contributed by atoms with E-state index in [4.69, 9.17) is 15.0 Å². The molecule has 0 bridgehead atoms. The molecule has 27 heavy (non-hydrogen) atoms. The second-order valence-electron chi connectivity index (χ2n) is 6.80. The number of anilines is 1. The van der Waals surface area contributed by atoms with Crippen molar-refractivity contribution in [3.8, 4) is 11.4 Å². The lowest BCUT2D eigenvalue weighted by atomic mass is 10.1. The molecule has 6 nitrogen and oxygen atoms in total. The zero-order valence-corrected chi connectivity index (χ0v) is 15.3. The standard InChI is InChI=1S/C21H24N4O2/c22-19-7-2-1-5-17(19)8-9-20-23-21(24-27-20)18-6-3-4-16(14-18)15-25-10-12-26-13-11-25/h1-7,14H,8-13,15,22H2. The van der Waals surface area contributed by atoms with Crippen LogP contribution in [-0.2, 0) is 24.1 Å². The third-order valence-electron chi connectivity index (χ3n) is 4.83. The Morgan fingerprint density at radius 2 is 1.85 bits per heavy atom. The topological polar surface area (TPSA) is 77.4 Å². The van der Waals surface area contributed by atoms with Crippen LogP contribution in [0.15, 0.2) is 53.1 Å². The van der Waals surface area contributed by atoms with Gasteiger partial charge in [-0.3, -0.25) is 4.90 Å². The molecule has 0 amide bonds. The highest BCUT2D eigenvalue weighted by Gasteiger charge is 2.13. The molecule has 2 heterocycles. The molecule has 2 N–H and O–H groups in total. The van der Waals surface area contributed by atoms with Gasteiger partial charge in [0, 0.05) is 37.3 Å². The zero-order valence-electron chi connectivity index (χ0n) is 15.3. The molecule has 1 fully saturated rings. The van der Waals surface area contributed by atoms with E-state index in [0.29, 0.717) is 18.1 Å². The minimum atomic E-state index is 0.631. The number of hydrogen-bond donors (Lipinski definition) is 1. The van der Waals surface area contributed by atoms with Gasteiger partial charge < -0.3 is 15.0 Å². The van der Waals surface area contributed by atoms with Crippen LogP contribution in [0.1, 0.15) is 17.0 Å². The molecule has 0 atom stereocenters. The van der Waals surface area contributed by atoms with Crippen molar-refractivity contribution in [3.63, 3.8) is 0 Å². The Balaban J connectivity index is 1.42. The predicted molar refractivity (Wildman–Crippen MR) is 104 cm³/mol. The Hall–Kier alpha value is -2.70. The number of nitrogens with zero attached hydrogens (tertiary/aromatic N) is 3. The number of aryl methyl sites for hydroxylation is 2. The maximum atomic E-state index is 6.00. The van der Waals surface area contributed by atoms with Crippen LogP contribution in [0.5, 0.6) is 0 Å². The summed E-state index contributed by atoms with van der Waals surface area (Å²) in [6.45, 7) is 4.47. The normalized spacial score (nSPS) is 15.1. The molecule has 140 valence electrons. The van der Waals surface area contributed by atoms with E-state index >= 15 is 0 Å². The van der Waals surface area contributed by atoms with Gasteiger partial charge in [-0.05, 0) is 29.7 Å². The zero-order chi connectivity index (χ0) is 18.5. The average molecular weight is 364 g/mol. The van der Waals surface area contributed by atoms with Gasteiger partial charge >= 0.3 is 0 Å². The Morgan fingerprint density at radius 3 is 2.70 bits per heavy atom. The monoisotopic (exact) mass is 364 g/mol. The first-order valence-corrected chi connectivity index (χ1v) is 9.33. The van der Waals surface area contributed by atoms with Crippen molar-refractivity contribution in [1.82, 2.24) is 15.0 Å². The summed E-state index contributed by atoms with van der Waals surface area (Å²) in [4.78, 5) is 6.96. The van der Waals surface area contributed by atoms with Gasteiger partial charge in [-0.15, -0.1) is 0 Å². The number of benzene rings is 2. The number of ether oxygens (including phenoxy) is 1. The van der Waals surface area contributed by atoms with Crippen LogP contribution in [0.4, 0.5) is 5.69 Å². The maximum absolute atomic E-state index is 6.00. The predicted octanol–water partition coefficient (Wildman–Crippen LogP) is 2.94. The van der Waals surface area contributed by atoms with Crippen molar-refractivity contribution in [2.24, 2.45) is 0 Å². The number of morpholine rings is 1. The summed E-state index contributed by atoms with van der Waals surface area (Å²) in [5.41, 5.74) is 10.1. The fourth-order valence-electron chi connectivity index (χ4n) is 3.30. The SMILES string of the molecule is Nc1ccccc1CCc1nc(-c2cccc(CN3CCOCC3)c2)no1. The molecule has 2 aromatic carbocycles. The lowest BCUT2D eigenvalue weighted by Gasteiger charge is -2.26. The van der Waals surface area contributed by atoms with Gasteiger partial charge in [0.15, 0.2) is 0 Å². The molecule has 1 aliphatic rings. The van der Waals surface area contributed by atoms with Crippen LogP contribution in [0.25, 0.3) is 11.4 Å². The van der Waals surface area contributed by atoms with E-state index in [0.717, 1.165) is 56.1 Å². The summed E-state index contributed by atoms with van der Waals surface area (Å²) >= 11 is 0. The smallest absolute Gasteiger partial charge is 0.227 e. The Labute approximate surface area is 158 Å². The highest BCUT2D eigenvalue weighted by Crippen LogP contribution is 2.20. The van der Waals surface area contributed by atoms with E-state index in [1.807, 2.05) is 36.4 Å². The molecule has 4 rings (SSSR count). The first-order chi connectivity index (χ1) is 13.3. The van der Waals surface area contributed by atoms with Gasteiger partial charge in [0.05, 0.1) is 13.2 Å². The molecular formula is C21H24N4O2. The Bertz CT molecular complexity index is 887. The molecule has 6 heteroatoms. The molecular weight excluding hydrogens is 340 g/mol. The number of para-hydroxylation sites is 1. The number of hydrogen-bond acceptors (Lipinski definition) is 6. The summed E-state index contributed by atoms with van der Waals surface area (Å²) in [6.07, 6.45) is 1.46. The summed E-state index contributed by atoms with van der Waals surface area (Å²) < 4.78 is 10.9. The number of nitrogen functional groups attached to an aromatic ring is 1. The minimum absolute atomic E-state index is 0.631. The van der Waals surface area contributed by atoms with Crippen molar-refractivity contribution < 1.29 is 9.26 Å². The largest absolute Gasteiger partial charge is 0.399 e. The van der Waals surface area contributed by atoms with Crippen molar-refractivity contribution in [1.29, 1.82) is 0 Å². The highest BCUT2D eigenvalue weighted by molar-refractivity contribution is 5.55. The van der Waals surface area contributed by atoms with Crippen molar-refractivity contribution in [2.45, 2.75) is 19.4 Å². The van der Waals surface area contributed by atoms with E-state index in [1.54, 1.807) is 0 Å². The number of rotatable bonds is 6. The van der Waals surface area contributed by atoms with E-state index in [9.17, 15) is 0 Å². The second kappa shape index (κ2) is 8.33. The van der Waals surface area contributed by atoms with Crippen LogP contribution in [0.2, 0.25) is 0 Å². The first kappa shape index (κ1) is 17.7. The summed E-state index contributed by atoms with van der Waals surface area (Å²) in [6, 6.07) is 16.2. The van der Waals surface area contributed by atoms with Crippen LogP contribution in [0, 0.1) is 0 Å².